The summed E-state index contributed by atoms with van der Waals surface area (Å²) in [6.07, 6.45) is 3.58. The van der Waals surface area contributed by atoms with Crippen LogP contribution in [0, 0.1) is 5.92 Å². The molecule has 1 rings (SSSR count). The molecule has 0 aromatic rings. The van der Waals surface area contributed by atoms with Crippen LogP contribution in [0.25, 0.3) is 0 Å². The van der Waals surface area contributed by atoms with Gasteiger partial charge in [-0.2, -0.15) is 0 Å². The molecule has 16 heavy (non-hydrogen) atoms. The van der Waals surface area contributed by atoms with Crippen molar-refractivity contribution in [3.8, 4) is 0 Å². The van der Waals surface area contributed by atoms with Crippen LogP contribution in [0.1, 0.15) is 47.0 Å². The lowest BCUT2D eigenvalue weighted by molar-refractivity contribution is 0.0972. The van der Waals surface area contributed by atoms with Crippen molar-refractivity contribution in [2.75, 3.05) is 13.6 Å². The van der Waals surface area contributed by atoms with Gasteiger partial charge in [-0.25, -0.2) is 4.79 Å². The number of carbonyl (C=O) groups is 1. The number of nitrogens with zero attached hydrogens (tertiary/aromatic N) is 2. The molecule has 1 fully saturated rings. The van der Waals surface area contributed by atoms with Crippen LogP contribution in [0.5, 0.6) is 0 Å². The van der Waals surface area contributed by atoms with E-state index in [1.807, 2.05) is 11.9 Å². The molecule has 2 amide bonds. The van der Waals surface area contributed by atoms with Crippen LogP contribution in [-0.2, 0) is 0 Å². The second-order valence-electron chi connectivity index (χ2n) is 5.49. The first kappa shape index (κ1) is 13.3. The van der Waals surface area contributed by atoms with Gasteiger partial charge in [0.05, 0.1) is 0 Å². The Balaban J connectivity index is 2.71. The number of carbonyl (C=O) groups excluding carboxylic acids is 1. The van der Waals surface area contributed by atoms with Gasteiger partial charge < -0.3 is 9.80 Å². The maximum Gasteiger partial charge on any atom is 0.320 e. The van der Waals surface area contributed by atoms with E-state index in [9.17, 15) is 4.79 Å². The second-order valence-corrected chi connectivity index (χ2v) is 5.49. The minimum absolute atomic E-state index is 0.202. The van der Waals surface area contributed by atoms with Gasteiger partial charge in [0.25, 0.3) is 0 Å². The first-order valence-electron chi connectivity index (χ1n) is 6.48. The van der Waals surface area contributed by atoms with Crippen molar-refractivity contribution in [2.24, 2.45) is 5.92 Å². The monoisotopic (exact) mass is 226 g/mol. The molecular weight excluding hydrogens is 200 g/mol. The fourth-order valence-corrected chi connectivity index (χ4v) is 2.31. The van der Waals surface area contributed by atoms with Gasteiger partial charge >= 0.3 is 6.03 Å². The molecule has 0 aromatic heterocycles. The smallest absolute Gasteiger partial charge is 0.320 e. The van der Waals surface area contributed by atoms with E-state index in [1.165, 1.54) is 6.42 Å². The Bertz CT molecular complexity index is 238. The predicted molar refractivity (Wildman–Crippen MR) is 67.5 cm³/mol. The van der Waals surface area contributed by atoms with Gasteiger partial charge in [-0.3, -0.25) is 0 Å². The van der Waals surface area contributed by atoms with Crippen molar-refractivity contribution in [1.29, 1.82) is 0 Å². The molecule has 1 saturated heterocycles. The Kier molecular flexibility index (Phi) is 4.63. The summed E-state index contributed by atoms with van der Waals surface area (Å²) in [5.74, 6) is 0.560. The Morgan fingerprint density at radius 1 is 1.25 bits per heavy atom. The van der Waals surface area contributed by atoms with Crippen LogP contribution in [-0.4, -0.2) is 41.5 Å². The number of hydrogen-bond acceptors (Lipinski definition) is 1. The zero-order chi connectivity index (χ0) is 12.3. The highest BCUT2D eigenvalue weighted by atomic mass is 16.2. The molecule has 1 unspecified atom stereocenters. The van der Waals surface area contributed by atoms with E-state index >= 15 is 0 Å². The molecule has 0 saturated carbocycles. The first-order valence-corrected chi connectivity index (χ1v) is 6.48. The minimum atomic E-state index is 0.202. The van der Waals surface area contributed by atoms with Gasteiger partial charge in [0.2, 0.25) is 0 Å². The zero-order valence-electron chi connectivity index (χ0n) is 11.4. The Morgan fingerprint density at radius 2 is 1.88 bits per heavy atom. The standard InChI is InChI=1S/C13H26N2O/c1-10(2)12-8-6-7-9-15(12)13(16)14(5)11(3)4/h10-12H,6-9H2,1-5H3. The average molecular weight is 226 g/mol. The van der Waals surface area contributed by atoms with Gasteiger partial charge in [0.15, 0.2) is 0 Å². The summed E-state index contributed by atoms with van der Waals surface area (Å²) in [6.45, 7) is 9.48. The minimum Gasteiger partial charge on any atom is -0.325 e. The lowest BCUT2D eigenvalue weighted by Crippen LogP contribution is -2.52. The number of likely N-dealkylation sites (tertiary alicyclic amines) is 1. The molecular formula is C13H26N2O. The molecule has 0 aromatic carbocycles. The van der Waals surface area contributed by atoms with Crippen LogP contribution >= 0.6 is 0 Å². The Hall–Kier alpha value is -0.730. The third-order valence-corrected chi connectivity index (χ3v) is 3.64. The number of rotatable bonds is 2. The molecule has 0 radical (unpaired) electrons. The van der Waals surface area contributed by atoms with E-state index < -0.39 is 0 Å². The van der Waals surface area contributed by atoms with Crippen LogP contribution in [0.15, 0.2) is 0 Å². The highest BCUT2D eigenvalue weighted by Gasteiger charge is 2.31. The third kappa shape index (κ3) is 2.89. The van der Waals surface area contributed by atoms with Crippen molar-refractivity contribution in [2.45, 2.75) is 59.0 Å². The third-order valence-electron chi connectivity index (χ3n) is 3.64. The van der Waals surface area contributed by atoms with Crippen molar-refractivity contribution in [3.05, 3.63) is 0 Å². The van der Waals surface area contributed by atoms with E-state index in [0.29, 0.717) is 12.0 Å². The molecule has 0 bridgehead atoms. The SMILES string of the molecule is CC(C)C1CCCCN1C(=O)N(C)C(C)C. The van der Waals surface area contributed by atoms with Gasteiger partial charge in [0.1, 0.15) is 0 Å². The fraction of sp³-hybridized carbons (Fsp3) is 0.923. The number of urea groups is 1. The summed E-state index contributed by atoms with van der Waals surface area (Å²) >= 11 is 0. The summed E-state index contributed by atoms with van der Waals surface area (Å²) in [6, 6.07) is 0.915. The molecule has 1 aliphatic rings. The number of piperidine rings is 1. The summed E-state index contributed by atoms with van der Waals surface area (Å²) in [5.41, 5.74) is 0. The van der Waals surface area contributed by atoms with Crippen LogP contribution in [0.2, 0.25) is 0 Å². The van der Waals surface area contributed by atoms with E-state index in [-0.39, 0.29) is 12.1 Å². The zero-order valence-corrected chi connectivity index (χ0v) is 11.4. The van der Waals surface area contributed by atoms with Gasteiger partial charge in [0, 0.05) is 25.7 Å². The maximum absolute atomic E-state index is 12.3. The molecule has 1 heterocycles. The van der Waals surface area contributed by atoms with Crippen LogP contribution < -0.4 is 0 Å². The number of amides is 2. The summed E-state index contributed by atoms with van der Waals surface area (Å²) in [7, 11) is 1.90. The Labute approximate surface area is 99.8 Å². The maximum atomic E-state index is 12.3. The summed E-state index contributed by atoms with van der Waals surface area (Å²) in [5, 5.41) is 0. The molecule has 94 valence electrons. The van der Waals surface area contributed by atoms with Crippen molar-refractivity contribution >= 4 is 6.03 Å². The topological polar surface area (TPSA) is 23.6 Å². The largest absolute Gasteiger partial charge is 0.325 e. The summed E-state index contributed by atoms with van der Waals surface area (Å²) in [4.78, 5) is 16.2. The van der Waals surface area contributed by atoms with Crippen LogP contribution in [0.4, 0.5) is 4.79 Å². The van der Waals surface area contributed by atoms with E-state index in [1.54, 1.807) is 0 Å². The van der Waals surface area contributed by atoms with Crippen molar-refractivity contribution in [1.82, 2.24) is 9.80 Å². The van der Waals surface area contributed by atoms with Crippen molar-refractivity contribution < 1.29 is 4.79 Å². The molecule has 0 aliphatic carbocycles. The van der Waals surface area contributed by atoms with Crippen molar-refractivity contribution in [3.63, 3.8) is 0 Å². The average Bonchev–Trinajstić information content (AvgIpc) is 2.26. The molecule has 1 atom stereocenters. The van der Waals surface area contributed by atoms with Gasteiger partial charge in [-0.05, 0) is 39.0 Å². The van der Waals surface area contributed by atoms with Gasteiger partial charge in [-0.15, -0.1) is 0 Å². The number of hydrogen-bond donors (Lipinski definition) is 0. The van der Waals surface area contributed by atoms with Crippen LogP contribution in [0.3, 0.4) is 0 Å². The highest BCUT2D eigenvalue weighted by Crippen LogP contribution is 2.24. The quantitative estimate of drug-likeness (QED) is 0.710. The molecule has 3 heteroatoms. The lowest BCUT2D eigenvalue weighted by Gasteiger charge is -2.41. The molecule has 3 nitrogen and oxygen atoms in total. The lowest BCUT2D eigenvalue weighted by atomic mass is 9.93. The van der Waals surface area contributed by atoms with E-state index in [2.05, 4.69) is 32.6 Å². The molecule has 0 spiro atoms. The predicted octanol–water partition coefficient (Wildman–Crippen LogP) is 2.96. The Morgan fingerprint density at radius 3 is 2.38 bits per heavy atom. The normalized spacial score (nSPS) is 21.7. The summed E-state index contributed by atoms with van der Waals surface area (Å²) < 4.78 is 0. The van der Waals surface area contributed by atoms with E-state index in [0.717, 1.165) is 19.4 Å². The first-order chi connectivity index (χ1) is 7.45. The van der Waals surface area contributed by atoms with Gasteiger partial charge in [-0.1, -0.05) is 13.8 Å². The fourth-order valence-electron chi connectivity index (χ4n) is 2.31. The second kappa shape index (κ2) is 5.55. The molecule has 0 N–H and O–H groups in total. The molecule has 1 aliphatic heterocycles. The van der Waals surface area contributed by atoms with E-state index in [4.69, 9.17) is 0 Å². The highest BCUT2D eigenvalue weighted by molar-refractivity contribution is 5.75.